The maximum absolute atomic E-state index is 10.8. The monoisotopic (exact) mass is 187 g/mol. The molecule has 6 heteroatoms. The van der Waals surface area contributed by atoms with E-state index in [1.54, 1.807) is 5.38 Å². The molecule has 0 saturated heterocycles. The molecular formula is C5H2ClN3OS. The highest BCUT2D eigenvalue weighted by molar-refractivity contribution is 7.14. The largest absolute Gasteiger partial charge is 0.287 e. The zero-order valence-electron chi connectivity index (χ0n) is 5.19. The summed E-state index contributed by atoms with van der Waals surface area (Å²) in [6.07, 6.45) is 0. The van der Waals surface area contributed by atoms with Crippen LogP contribution < -0.4 is 0 Å². The first-order valence-corrected chi connectivity index (χ1v) is 3.83. The molecule has 0 bridgehead atoms. The number of amides is 1. The molecule has 0 radical (unpaired) electrons. The highest BCUT2D eigenvalue weighted by Crippen LogP contribution is 2.20. The first-order valence-electron chi connectivity index (χ1n) is 2.57. The number of hydrogen-bond acceptors (Lipinski definition) is 2. The lowest BCUT2D eigenvalue weighted by Gasteiger charge is -1.81. The topological polar surface area (TPSA) is 65.8 Å². The van der Waals surface area contributed by atoms with E-state index < -0.39 is 5.91 Å². The molecule has 1 aromatic heterocycles. The Morgan fingerprint density at radius 3 is 3.00 bits per heavy atom. The van der Waals surface area contributed by atoms with Gasteiger partial charge in [0.1, 0.15) is 0 Å². The van der Waals surface area contributed by atoms with Crippen molar-refractivity contribution in [2.75, 3.05) is 0 Å². The van der Waals surface area contributed by atoms with E-state index in [9.17, 15) is 4.79 Å². The summed E-state index contributed by atoms with van der Waals surface area (Å²) in [5.41, 5.74) is 8.24. The number of azide groups is 1. The maximum atomic E-state index is 10.8. The second kappa shape index (κ2) is 3.39. The van der Waals surface area contributed by atoms with Gasteiger partial charge in [-0.1, -0.05) is 11.6 Å². The van der Waals surface area contributed by atoms with Gasteiger partial charge in [-0.15, -0.1) is 11.3 Å². The summed E-state index contributed by atoms with van der Waals surface area (Å²) < 4.78 is 0.501. The maximum Gasteiger partial charge on any atom is 0.250 e. The average molecular weight is 188 g/mol. The Morgan fingerprint density at radius 2 is 2.55 bits per heavy atom. The molecule has 1 heterocycles. The molecular weight excluding hydrogens is 186 g/mol. The van der Waals surface area contributed by atoms with Crippen LogP contribution >= 0.6 is 22.9 Å². The van der Waals surface area contributed by atoms with Crippen LogP contribution in [0.2, 0.25) is 4.34 Å². The smallest absolute Gasteiger partial charge is 0.250 e. The number of carbonyl (C=O) groups excluding carboxylic acids is 1. The van der Waals surface area contributed by atoms with Gasteiger partial charge in [-0.2, -0.15) is 0 Å². The quantitative estimate of drug-likeness (QED) is 0.379. The third kappa shape index (κ3) is 1.94. The summed E-state index contributed by atoms with van der Waals surface area (Å²) in [4.78, 5) is 13.1. The lowest BCUT2D eigenvalue weighted by molar-refractivity contribution is 0.100. The van der Waals surface area contributed by atoms with Crippen molar-refractivity contribution in [3.63, 3.8) is 0 Å². The van der Waals surface area contributed by atoms with Crippen LogP contribution in [0.5, 0.6) is 0 Å². The summed E-state index contributed by atoms with van der Waals surface area (Å²) in [7, 11) is 0. The number of carbonyl (C=O) groups is 1. The van der Waals surface area contributed by atoms with Gasteiger partial charge in [-0.05, 0) is 16.7 Å². The Balaban J connectivity index is 2.93. The Morgan fingerprint density at radius 1 is 1.82 bits per heavy atom. The van der Waals surface area contributed by atoms with Crippen molar-refractivity contribution in [1.29, 1.82) is 0 Å². The molecule has 1 rings (SSSR count). The van der Waals surface area contributed by atoms with Gasteiger partial charge in [0, 0.05) is 15.9 Å². The molecule has 0 spiro atoms. The predicted octanol–water partition coefficient (Wildman–Crippen LogP) is 2.85. The lowest BCUT2D eigenvalue weighted by Crippen LogP contribution is -1.87. The van der Waals surface area contributed by atoms with Crippen LogP contribution in [0.1, 0.15) is 10.4 Å². The highest BCUT2D eigenvalue weighted by Gasteiger charge is 2.04. The number of thiophene rings is 1. The molecule has 4 nitrogen and oxygen atoms in total. The fourth-order valence-electron chi connectivity index (χ4n) is 0.521. The highest BCUT2D eigenvalue weighted by atomic mass is 35.5. The average Bonchev–Trinajstić information content (AvgIpc) is 2.36. The minimum absolute atomic E-state index is 0.331. The normalized spacial score (nSPS) is 8.82. The molecule has 1 aromatic rings. The van der Waals surface area contributed by atoms with Crippen LogP contribution in [0, 0.1) is 0 Å². The molecule has 56 valence electrons. The fourth-order valence-corrected chi connectivity index (χ4v) is 1.38. The van der Waals surface area contributed by atoms with Gasteiger partial charge in [-0.3, -0.25) is 4.79 Å². The third-order valence-electron chi connectivity index (χ3n) is 0.950. The van der Waals surface area contributed by atoms with Crippen LogP contribution in [-0.4, -0.2) is 5.91 Å². The molecule has 0 fully saturated rings. The Labute approximate surface area is 71.0 Å². The SMILES string of the molecule is [N-]=[N+]=NC(=O)c1csc(Cl)c1. The second-order valence-electron chi connectivity index (χ2n) is 1.63. The van der Waals surface area contributed by atoms with Crippen molar-refractivity contribution < 1.29 is 4.79 Å². The second-order valence-corrected chi connectivity index (χ2v) is 3.18. The Hall–Kier alpha value is -1.03. The molecule has 0 aromatic carbocycles. The molecule has 0 atom stereocenters. The van der Waals surface area contributed by atoms with Crippen molar-refractivity contribution in [2.45, 2.75) is 0 Å². The number of rotatable bonds is 1. The Kier molecular flexibility index (Phi) is 2.48. The lowest BCUT2D eigenvalue weighted by atomic mass is 10.3. The molecule has 0 saturated carbocycles. The van der Waals surface area contributed by atoms with Gasteiger partial charge in [-0.25, -0.2) is 0 Å². The van der Waals surface area contributed by atoms with E-state index in [-0.39, 0.29) is 0 Å². The van der Waals surface area contributed by atoms with Gasteiger partial charge in [0.05, 0.1) is 4.34 Å². The number of hydrogen-bond donors (Lipinski definition) is 0. The standard InChI is InChI=1S/C5H2ClN3OS/c6-4-1-3(2-11-4)5(10)8-9-7/h1-2H. The van der Waals surface area contributed by atoms with Crippen LogP contribution in [0.3, 0.4) is 0 Å². The van der Waals surface area contributed by atoms with Gasteiger partial charge < -0.3 is 0 Å². The zero-order valence-corrected chi connectivity index (χ0v) is 6.76. The van der Waals surface area contributed by atoms with E-state index in [0.29, 0.717) is 9.90 Å². The Bertz CT molecular complexity index is 328. The van der Waals surface area contributed by atoms with Gasteiger partial charge in [0.2, 0.25) is 5.91 Å². The molecule has 0 aliphatic rings. The van der Waals surface area contributed by atoms with E-state index in [4.69, 9.17) is 17.1 Å². The van der Waals surface area contributed by atoms with Gasteiger partial charge in [0.25, 0.3) is 0 Å². The van der Waals surface area contributed by atoms with Crippen molar-refractivity contribution in [1.82, 2.24) is 0 Å². The van der Waals surface area contributed by atoms with Crippen LogP contribution in [0.15, 0.2) is 16.6 Å². The fraction of sp³-hybridized carbons (Fsp3) is 0. The summed E-state index contributed by atoms with van der Waals surface area (Å²) in [6, 6.07) is 1.46. The molecule has 1 amide bonds. The van der Waals surface area contributed by atoms with Crippen LogP contribution in [-0.2, 0) is 0 Å². The van der Waals surface area contributed by atoms with E-state index in [2.05, 4.69) is 10.0 Å². The van der Waals surface area contributed by atoms with Crippen molar-refractivity contribution in [3.8, 4) is 0 Å². The summed E-state index contributed by atoms with van der Waals surface area (Å²) >= 11 is 6.76. The number of halogens is 1. The number of nitrogens with zero attached hydrogens (tertiary/aromatic N) is 3. The summed E-state index contributed by atoms with van der Waals surface area (Å²) in [6.45, 7) is 0. The molecule has 11 heavy (non-hydrogen) atoms. The van der Waals surface area contributed by atoms with Crippen LogP contribution in [0.4, 0.5) is 0 Å². The van der Waals surface area contributed by atoms with E-state index in [1.807, 2.05) is 0 Å². The third-order valence-corrected chi connectivity index (χ3v) is 2.04. The van der Waals surface area contributed by atoms with E-state index >= 15 is 0 Å². The minimum atomic E-state index is -0.601. The molecule has 0 aliphatic carbocycles. The minimum Gasteiger partial charge on any atom is -0.287 e. The first kappa shape index (κ1) is 8.07. The summed E-state index contributed by atoms with van der Waals surface area (Å²) in [5, 5.41) is 4.44. The van der Waals surface area contributed by atoms with Crippen molar-refractivity contribution >= 4 is 28.8 Å². The van der Waals surface area contributed by atoms with Gasteiger partial charge in [0.15, 0.2) is 0 Å². The van der Waals surface area contributed by atoms with Crippen LogP contribution in [0.25, 0.3) is 10.4 Å². The van der Waals surface area contributed by atoms with Crippen molar-refractivity contribution in [3.05, 3.63) is 31.8 Å². The summed E-state index contributed by atoms with van der Waals surface area (Å²) in [5.74, 6) is -0.601. The van der Waals surface area contributed by atoms with E-state index in [0.717, 1.165) is 0 Å². The molecule has 0 unspecified atom stereocenters. The first-order chi connectivity index (χ1) is 5.24. The predicted molar refractivity (Wildman–Crippen MR) is 42.8 cm³/mol. The van der Waals surface area contributed by atoms with E-state index in [1.165, 1.54) is 17.4 Å². The molecule has 0 N–H and O–H groups in total. The zero-order chi connectivity index (χ0) is 8.27. The molecule has 0 aliphatic heterocycles. The van der Waals surface area contributed by atoms with Crippen molar-refractivity contribution in [2.24, 2.45) is 5.11 Å². The van der Waals surface area contributed by atoms with Gasteiger partial charge >= 0.3 is 0 Å².